The first kappa shape index (κ1) is 28.0. The van der Waals surface area contributed by atoms with Crippen LogP contribution in [0.1, 0.15) is 27.1 Å². The maximum atomic E-state index is 15.1. The molecule has 0 saturated carbocycles. The predicted molar refractivity (Wildman–Crippen MR) is 127 cm³/mol. The van der Waals surface area contributed by atoms with Crippen LogP contribution < -0.4 is 11.1 Å². The zero-order valence-corrected chi connectivity index (χ0v) is 19.6. The predicted octanol–water partition coefficient (Wildman–Crippen LogP) is 4.57. The van der Waals surface area contributed by atoms with Crippen LogP contribution in [0, 0.1) is 23.3 Å². The zero-order chi connectivity index (χ0) is 23.7. The SMILES string of the molecule is Cl.Cl.N[C@@H]1CCN(C(=O)c2ccncc2NC(=O)c2ccc(F)c(-c3c(F)cccc3F)c2F)C1. The third-order valence-corrected chi connectivity index (χ3v) is 5.36. The number of nitrogens with zero attached hydrogens (tertiary/aromatic N) is 2. The number of halogens is 6. The van der Waals surface area contributed by atoms with Gasteiger partial charge in [0.15, 0.2) is 0 Å². The van der Waals surface area contributed by atoms with Crippen molar-refractivity contribution in [3.63, 3.8) is 0 Å². The van der Waals surface area contributed by atoms with Crippen LogP contribution in [0.15, 0.2) is 48.8 Å². The van der Waals surface area contributed by atoms with Gasteiger partial charge in [-0.2, -0.15) is 0 Å². The molecule has 0 spiro atoms. The zero-order valence-electron chi connectivity index (χ0n) is 17.9. The molecule has 186 valence electrons. The van der Waals surface area contributed by atoms with Crippen LogP contribution in [-0.4, -0.2) is 40.8 Å². The molecule has 2 heterocycles. The minimum absolute atomic E-state index is 0. The molecule has 0 radical (unpaired) electrons. The van der Waals surface area contributed by atoms with Gasteiger partial charge in [0.05, 0.1) is 34.1 Å². The van der Waals surface area contributed by atoms with Crippen molar-refractivity contribution in [3.8, 4) is 11.1 Å². The van der Waals surface area contributed by atoms with Crippen LogP contribution in [0.25, 0.3) is 11.1 Å². The summed E-state index contributed by atoms with van der Waals surface area (Å²) in [6, 6.07) is 5.57. The minimum Gasteiger partial charge on any atom is -0.337 e. The van der Waals surface area contributed by atoms with Gasteiger partial charge in [-0.05, 0) is 36.8 Å². The average Bonchev–Trinajstić information content (AvgIpc) is 3.22. The fraction of sp³-hybridized carbons (Fsp3) is 0.174. The summed E-state index contributed by atoms with van der Waals surface area (Å²) in [6.45, 7) is 0.790. The van der Waals surface area contributed by atoms with Crippen LogP contribution in [0.2, 0.25) is 0 Å². The Morgan fingerprint density at radius 2 is 1.60 bits per heavy atom. The van der Waals surface area contributed by atoms with Crippen molar-refractivity contribution in [1.82, 2.24) is 9.88 Å². The molecule has 6 nitrogen and oxygen atoms in total. The number of anilines is 1. The molecule has 1 aliphatic rings. The Morgan fingerprint density at radius 3 is 2.23 bits per heavy atom. The number of aromatic nitrogens is 1. The topological polar surface area (TPSA) is 88.3 Å². The van der Waals surface area contributed by atoms with E-state index >= 15 is 4.39 Å². The summed E-state index contributed by atoms with van der Waals surface area (Å²) in [5, 5.41) is 2.38. The van der Waals surface area contributed by atoms with Crippen molar-refractivity contribution in [3.05, 3.63) is 83.2 Å². The quantitative estimate of drug-likeness (QED) is 0.483. The molecular weight excluding hydrogens is 511 g/mol. The molecule has 1 aromatic heterocycles. The van der Waals surface area contributed by atoms with Crippen molar-refractivity contribution in [1.29, 1.82) is 0 Å². The summed E-state index contributed by atoms with van der Waals surface area (Å²) < 4.78 is 57.8. The van der Waals surface area contributed by atoms with Gasteiger partial charge in [-0.3, -0.25) is 14.6 Å². The van der Waals surface area contributed by atoms with E-state index in [2.05, 4.69) is 10.3 Å². The number of rotatable bonds is 4. The van der Waals surface area contributed by atoms with Gasteiger partial charge in [-0.25, -0.2) is 17.6 Å². The van der Waals surface area contributed by atoms with Crippen LogP contribution in [0.5, 0.6) is 0 Å². The van der Waals surface area contributed by atoms with Crippen molar-refractivity contribution in [2.45, 2.75) is 12.5 Å². The second-order valence-corrected chi connectivity index (χ2v) is 7.56. The lowest BCUT2D eigenvalue weighted by Crippen LogP contribution is -2.32. The van der Waals surface area contributed by atoms with E-state index in [0.29, 0.717) is 19.5 Å². The molecule has 0 aliphatic carbocycles. The third kappa shape index (κ3) is 5.55. The number of carbonyl (C=O) groups is 2. The fourth-order valence-corrected chi connectivity index (χ4v) is 3.71. The Kier molecular flexibility index (Phi) is 9.19. The second-order valence-electron chi connectivity index (χ2n) is 7.56. The fourth-order valence-electron chi connectivity index (χ4n) is 3.71. The Labute approximate surface area is 210 Å². The molecular formula is C23H20Cl2F4N4O2. The number of carbonyl (C=O) groups excluding carboxylic acids is 2. The number of nitrogens with two attached hydrogens (primary N) is 1. The maximum Gasteiger partial charge on any atom is 0.258 e. The number of hydrogen-bond acceptors (Lipinski definition) is 4. The van der Waals surface area contributed by atoms with Crippen molar-refractivity contribution in [2.75, 3.05) is 18.4 Å². The van der Waals surface area contributed by atoms with Crippen molar-refractivity contribution in [2.24, 2.45) is 5.73 Å². The van der Waals surface area contributed by atoms with Gasteiger partial charge in [0, 0.05) is 25.3 Å². The molecule has 4 rings (SSSR count). The van der Waals surface area contributed by atoms with E-state index < -0.39 is 51.8 Å². The number of amides is 2. The van der Waals surface area contributed by atoms with Crippen LogP contribution in [0.4, 0.5) is 23.2 Å². The highest BCUT2D eigenvalue weighted by atomic mass is 35.5. The third-order valence-electron chi connectivity index (χ3n) is 5.36. The molecule has 1 atom stereocenters. The number of pyridine rings is 1. The van der Waals surface area contributed by atoms with E-state index in [4.69, 9.17) is 5.73 Å². The van der Waals surface area contributed by atoms with Gasteiger partial charge in [-0.15, -0.1) is 24.8 Å². The summed E-state index contributed by atoms with van der Waals surface area (Å²) in [5.74, 6) is -6.50. The molecule has 0 unspecified atom stereocenters. The summed E-state index contributed by atoms with van der Waals surface area (Å²) in [5.41, 5.74) is 3.35. The second kappa shape index (κ2) is 11.5. The van der Waals surface area contributed by atoms with E-state index in [1.165, 1.54) is 23.4 Å². The van der Waals surface area contributed by atoms with E-state index in [1.54, 1.807) is 0 Å². The molecule has 0 bridgehead atoms. The first-order valence-electron chi connectivity index (χ1n) is 10.0. The smallest absolute Gasteiger partial charge is 0.258 e. The van der Waals surface area contributed by atoms with E-state index in [-0.39, 0.29) is 42.1 Å². The summed E-state index contributed by atoms with van der Waals surface area (Å²) >= 11 is 0. The summed E-state index contributed by atoms with van der Waals surface area (Å²) in [6.07, 6.45) is 3.20. The summed E-state index contributed by atoms with van der Waals surface area (Å²) in [4.78, 5) is 31.1. The average molecular weight is 531 g/mol. The Balaban J connectivity index is 0.00000216. The lowest BCUT2D eigenvalue weighted by molar-refractivity contribution is 0.0791. The highest BCUT2D eigenvalue weighted by Crippen LogP contribution is 2.32. The monoisotopic (exact) mass is 530 g/mol. The lowest BCUT2D eigenvalue weighted by Gasteiger charge is -2.18. The first-order valence-corrected chi connectivity index (χ1v) is 10.0. The standard InChI is InChI=1S/C23H18F4N4O2.2ClH/c24-15-2-1-3-16(25)19(15)20-17(26)5-4-14(21(20)27)22(32)30-18-10-29-8-6-13(18)23(33)31-9-7-12(28)11-31;;/h1-6,8,10,12H,7,9,11,28H2,(H,30,32);2*1H/t12-;;/m1../s1. The van der Waals surface area contributed by atoms with E-state index in [9.17, 15) is 22.8 Å². The normalized spacial score (nSPS) is 14.7. The molecule has 1 aliphatic heterocycles. The van der Waals surface area contributed by atoms with E-state index in [1.807, 2.05) is 0 Å². The number of benzene rings is 2. The Morgan fingerprint density at radius 1 is 0.943 bits per heavy atom. The highest BCUT2D eigenvalue weighted by molar-refractivity contribution is 6.09. The van der Waals surface area contributed by atoms with Gasteiger partial charge in [-0.1, -0.05) is 6.07 Å². The number of nitrogens with one attached hydrogen (secondary N) is 1. The number of hydrogen-bond donors (Lipinski definition) is 2. The van der Waals surface area contributed by atoms with Crippen LogP contribution in [-0.2, 0) is 0 Å². The summed E-state index contributed by atoms with van der Waals surface area (Å²) in [7, 11) is 0. The molecule has 3 aromatic rings. The van der Waals surface area contributed by atoms with Crippen molar-refractivity contribution < 1.29 is 27.2 Å². The van der Waals surface area contributed by atoms with E-state index in [0.717, 1.165) is 30.3 Å². The molecule has 1 fully saturated rings. The molecule has 1 saturated heterocycles. The molecule has 35 heavy (non-hydrogen) atoms. The largest absolute Gasteiger partial charge is 0.337 e. The van der Waals surface area contributed by atoms with Crippen LogP contribution >= 0.6 is 24.8 Å². The van der Waals surface area contributed by atoms with Gasteiger partial charge in [0.25, 0.3) is 11.8 Å². The molecule has 12 heteroatoms. The lowest BCUT2D eigenvalue weighted by atomic mass is 9.99. The Bertz CT molecular complexity index is 1240. The molecule has 2 amide bonds. The molecule has 3 N–H and O–H groups in total. The van der Waals surface area contributed by atoms with Gasteiger partial charge in [0.2, 0.25) is 0 Å². The van der Waals surface area contributed by atoms with Crippen LogP contribution in [0.3, 0.4) is 0 Å². The first-order chi connectivity index (χ1) is 15.8. The Hall–Kier alpha value is -3.21. The number of likely N-dealkylation sites (tertiary alicyclic amines) is 1. The molecule has 2 aromatic carbocycles. The highest BCUT2D eigenvalue weighted by Gasteiger charge is 2.28. The van der Waals surface area contributed by atoms with Gasteiger partial charge in [0.1, 0.15) is 23.3 Å². The minimum atomic E-state index is -1.45. The van der Waals surface area contributed by atoms with Crippen molar-refractivity contribution >= 4 is 42.3 Å². The van der Waals surface area contributed by atoms with Gasteiger partial charge >= 0.3 is 0 Å². The van der Waals surface area contributed by atoms with Gasteiger partial charge < -0.3 is 16.0 Å². The maximum absolute atomic E-state index is 15.1.